The maximum Gasteiger partial charge on any atom is 0.220 e. The number of unbranched alkanes of at least 4 members (excludes halogenated alkanes) is 33. The average Bonchev–Trinajstić information content (AvgIpc) is 3.25. The fraction of sp³-hybridized carbons (Fsp3) is 0.804. The quantitative estimate of drug-likeness (QED) is 0.0422. The van der Waals surface area contributed by atoms with Crippen molar-refractivity contribution < 1.29 is 15.0 Å². The highest BCUT2D eigenvalue weighted by atomic mass is 16.3. The first-order chi connectivity index (χ1) is 29.7. The van der Waals surface area contributed by atoms with Crippen LogP contribution in [0.4, 0.5) is 0 Å². The van der Waals surface area contributed by atoms with Gasteiger partial charge < -0.3 is 15.5 Å². The Hall–Kier alpha value is -1.91. The smallest absolute Gasteiger partial charge is 0.220 e. The molecule has 0 aromatic rings. The second kappa shape index (κ2) is 51.4. The third kappa shape index (κ3) is 47.1. The molecule has 0 aromatic carbocycles. The van der Waals surface area contributed by atoms with Crippen LogP contribution >= 0.6 is 0 Å². The molecule has 0 saturated heterocycles. The highest BCUT2D eigenvalue weighted by Gasteiger charge is 2.17. The van der Waals surface area contributed by atoms with E-state index in [1.165, 1.54) is 205 Å². The van der Waals surface area contributed by atoms with E-state index in [0.717, 1.165) is 44.9 Å². The van der Waals surface area contributed by atoms with Crippen molar-refractivity contribution in [2.75, 3.05) is 6.61 Å². The molecule has 4 heteroatoms. The van der Waals surface area contributed by atoms with Gasteiger partial charge >= 0.3 is 0 Å². The molecule has 0 aliphatic heterocycles. The van der Waals surface area contributed by atoms with Crippen LogP contribution in [0.25, 0.3) is 0 Å². The van der Waals surface area contributed by atoms with Crippen molar-refractivity contribution >= 4 is 5.91 Å². The molecule has 0 rings (SSSR count). The Morgan fingerprint density at radius 2 is 0.700 bits per heavy atom. The van der Waals surface area contributed by atoms with E-state index in [0.29, 0.717) is 6.42 Å². The van der Waals surface area contributed by atoms with Gasteiger partial charge in [-0.15, -0.1) is 0 Å². The summed E-state index contributed by atoms with van der Waals surface area (Å²) in [6.07, 6.45) is 72.3. The van der Waals surface area contributed by atoms with Gasteiger partial charge in [0.25, 0.3) is 0 Å². The lowest BCUT2D eigenvalue weighted by atomic mass is 10.0. The molecule has 0 saturated carbocycles. The van der Waals surface area contributed by atoms with Crippen molar-refractivity contribution in [2.24, 2.45) is 0 Å². The van der Waals surface area contributed by atoms with Crippen LogP contribution in [0, 0.1) is 0 Å². The molecule has 0 aromatic heterocycles. The molecule has 4 nitrogen and oxygen atoms in total. The Morgan fingerprint density at radius 1 is 0.400 bits per heavy atom. The Labute approximate surface area is 375 Å². The van der Waals surface area contributed by atoms with E-state index in [4.69, 9.17) is 0 Å². The molecule has 3 N–H and O–H groups in total. The van der Waals surface area contributed by atoms with E-state index in [1.54, 1.807) is 6.08 Å². The van der Waals surface area contributed by atoms with Crippen LogP contribution in [-0.2, 0) is 4.79 Å². The van der Waals surface area contributed by atoms with Crippen LogP contribution in [0.1, 0.15) is 271 Å². The lowest BCUT2D eigenvalue weighted by Crippen LogP contribution is -2.45. The van der Waals surface area contributed by atoms with Gasteiger partial charge in [0.15, 0.2) is 0 Å². The first-order valence-electron chi connectivity index (χ1n) is 26.5. The van der Waals surface area contributed by atoms with Gasteiger partial charge in [-0.05, 0) is 77.0 Å². The van der Waals surface area contributed by atoms with Gasteiger partial charge in [0.1, 0.15) is 0 Å². The number of aliphatic hydroxyl groups excluding tert-OH is 2. The second-order valence-corrected chi connectivity index (χ2v) is 17.9. The van der Waals surface area contributed by atoms with Gasteiger partial charge in [0, 0.05) is 6.42 Å². The zero-order valence-electron chi connectivity index (χ0n) is 40.2. The van der Waals surface area contributed by atoms with Crippen molar-refractivity contribution in [3.63, 3.8) is 0 Å². The van der Waals surface area contributed by atoms with E-state index in [-0.39, 0.29) is 12.5 Å². The number of hydrogen-bond donors (Lipinski definition) is 3. The standard InChI is InChI=1S/C56H103NO3/c1-3-5-7-9-11-13-15-17-19-21-22-23-24-25-26-27-28-29-30-31-32-33-34-36-38-40-42-44-46-48-50-52-56(60)57-54(53-58)55(59)51-49-47-45-43-41-39-37-35-20-18-16-14-12-10-8-6-4-2/h20,22-23,25-26,35,41,43,49,51,54-55,58-59H,3-19,21,24,27-34,36-40,42,44-48,50,52-53H2,1-2H3,(H,57,60)/b23-22-,26-25-,35-20+,43-41+,51-49+. The predicted molar refractivity (Wildman–Crippen MR) is 267 cm³/mol. The average molecular weight is 838 g/mol. The van der Waals surface area contributed by atoms with E-state index in [9.17, 15) is 15.0 Å². The topological polar surface area (TPSA) is 69.6 Å². The largest absolute Gasteiger partial charge is 0.394 e. The molecule has 350 valence electrons. The van der Waals surface area contributed by atoms with Crippen LogP contribution in [0.3, 0.4) is 0 Å². The van der Waals surface area contributed by atoms with Gasteiger partial charge in [-0.1, -0.05) is 248 Å². The Bertz CT molecular complexity index is 996. The predicted octanol–water partition coefficient (Wildman–Crippen LogP) is 17.2. The van der Waals surface area contributed by atoms with Crippen LogP contribution < -0.4 is 5.32 Å². The van der Waals surface area contributed by atoms with E-state index >= 15 is 0 Å². The molecule has 0 spiro atoms. The van der Waals surface area contributed by atoms with Crippen LogP contribution in [-0.4, -0.2) is 34.9 Å². The summed E-state index contributed by atoms with van der Waals surface area (Å²) in [4.78, 5) is 12.4. The molecule has 2 unspecified atom stereocenters. The zero-order chi connectivity index (χ0) is 43.5. The first-order valence-corrected chi connectivity index (χ1v) is 26.5. The molecule has 0 aliphatic carbocycles. The lowest BCUT2D eigenvalue weighted by Gasteiger charge is -2.19. The molecule has 0 radical (unpaired) electrons. The number of aliphatic hydroxyl groups is 2. The SMILES string of the molecule is CCCCCCCCC/C=C/CC/C=C/CC/C=C/C(O)C(CO)NC(=O)CCCCCCCCCCCCCCCCC/C=C\C/C=C\CCCCCCCCCCC. The maximum absolute atomic E-state index is 12.4. The highest BCUT2D eigenvalue weighted by molar-refractivity contribution is 5.76. The second-order valence-electron chi connectivity index (χ2n) is 17.9. The lowest BCUT2D eigenvalue weighted by molar-refractivity contribution is -0.123. The Balaban J connectivity index is 3.53. The van der Waals surface area contributed by atoms with E-state index in [1.807, 2.05) is 6.08 Å². The number of allylic oxidation sites excluding steroid dienone is 9. The number of rotatable bonds is 48. The molecule has 0 fully saturated rings. The fourth-order valence-corrected chi connectivity index (χ4v) is 7.89. The molecule has 0 aliphatic rings. The Morgan fingerprint density at radius 3 is 1.07 bits per heavy atom. The molecular formula is C56H103NO3. The number of hydrogen-bond acceptors (Lipinski definition) is 3. The molecule has 0 bridgehead atoms. The summed E-state index contributed by atoms with van der Waals surface area (Å²) < 4.78 is 0. The molecule has 1 amide bonds. The number of carbonyl (C=O) groups is 1. The number of amides is 1. The molecule has 0 heterocycles. The van der Waals surface area contributed by atoms with Crippen molar-refractivity contribution in [3.05, 3.63) is 60.8 Å². The van der Waals surface area contributed by atoms with Crippen molar-refractivity contribution in [1.82, 2.24) is 5.32 Å². The summed E-state index contributed by atoms with van der Waals surface area (Å²) >= 11 is 0. The summed E-state index contributed by atoms with van der Waals surface area (Å²) in [6, 6.07) is -0.647. The summed E-state index contributed by atoms with van der Waals surface area (Å²) in [5.74, 6) is -0.0775. The monoisotopic (exact) mass is 838 g/mol. The summed E-state index contributed by atoms with van der Waals surface area (Å²) in [5.41, 5.74) is 0. The normalized spacial score (nSPS) is 13.3. The summed E-state index contributed by atoms with van der Waals surface area (Å²) in [6.45, 7) is 4.30. The van der Waals surface area contributed by atoms with Crippen LogP contribution in [0.2, 0.25) is 0 Å². The van der Waals surface area contributed by atoms with Crippen molar-refractivity contribution in [1.29, 1.82) is 0 Å². The molecular weight excluding hydrogens is 735 g/mol. The number of carbonyl (C=O) groups excluding carboxylic acids is 1. The summed E-state index contributed by atoms with van der Waals surface area (Å²) in [7, 11) is 0. The van der Waals surface area contributed by atoms with E-state index in [2.05, 4.69) is 67.8 Å². The van der Waals surface area contributed by atoms with Gasteiger partial charge in [-0.3, -0.25) is 4.79 Å². The van der Waals surface area contributed by atoms with Gasteiger partial charge in [0.05, 0.1) is 18.8 Å². The third-order valence-electron chi connectivity index (χ3n) is 12.0. The first kappa shape index (κ1) is 58.1. The Kier molecular flexibility index (Phi) is 49.8. The minimum atomic E-state index is -0.871. The number of nitrogens with one attached hydrogen (secondary N) is 1. The minimum Gasteiger partial charge on any atom is -0.394 e. The maximum atomic E-state index is 12.4. The fourth-order valence-electron chi connectivity index (χ4n) is 7.89. The van der Waals surface area contributed by atoms with Crippen LogP contribution in [0.15, 0.2) is 60.8 Å². The van der Waals surface area contributed by atoms with Crippen molar-refractivity contribution in [2.45, 2.75) is 283 Å². The zero-order valence-corrected chi connectivity index (χ0v) is 40.2. The van der Waals surface area contributed by atoms with Gasteiger partial charge in [-0.2, -0.15) is 0 Å². The molecule has 60 heavy (non-hydrogen) atoms. The third-order valence-corrected chi connectivity index (χ3v) is 12.0. The highest BCUT2D eigenvalue weighted by Crippen LogP contribution is 2.15. The minimum absolute atomic E-state index is 0.0775. The summed E-state index contributed by atoms with van der Waals surface area (Å²) in [5, 5.41) is 23.1. The van der Waals surface area contributed by atoms with Gasteiger partial charge in [0.2, 0.25) is 5.91 Å². The van der Waals surface area contributed by atoms with Gasteiger partial charge in [-0.25, -0.2) is 0 Å². The van der Waals surface area contributed by atoms with Crippen molar-refractivity contribution in [3.8, 4) is 0 Å². The van der Waals surface area contributed by atoms with E-state index < -0.39 is 12.1 Å². The van der Waals surface area contributed by atoms with Crippen LogP contribution in [0.5, 0.6) is 0 Å². The molecule has 2 atom stereocenters.